The summed E-state index contributed by atoms with van der Waals surface area (Å²) >= 11 is 0. The maximum Gasteiger partial charge on any atom is 0.737 e. The Morgan fingerprint density at radius 2 is 1.05 bits per heavy atom. The number of phenols is 2. The Hall–Kier alpha value is -11.6. The van der Waals surface area contributed by atoms with Gasteiger partial charge in [0.25, 0.3) is 0 Å². The first-order valence-electron chi connectivity index (χ1n) is 29.8. The van der Waals surface area contributed by atoms with E-state index in [0.29, 0.717) is 67.5 Å². The summed E-state index contributed by atoms with van der Waals surface area (Å²) in [6.45, 7) is 2.93. The molecule has 5 N–H and O–H groups in total. The molecule has 95 heavy (non-hydrogen) atoms. The van der Waals surface area contributed by atoms with Crippen molar-refractivity contribution in [2.75, 3.05) is 52.9 Å². The van der Waals surface area contributed by atoms with Crippen LogP contribution in [0.1, 0.15) is 79.3 Å². The van der Waals surface area contributed by atoms with Crippen molar-refractivity contribution >= 4 is 58.1 Å². The molecule has 6 aliphatic rings. The Morgan fingerprint density at radius 1 is 0.558 bits per heavy atom. The third kappa shape index (κ3) is 12.4. The molecule has 0 unspecified atom stereocenters. The summed E-state index contributed by atoms with van der Waals surface area (Å²) in [5.74, 6) is 15.0. The van der Waals surface area contributed by atoms with Crippen molar-refractivity contribution in [1.29, 1.82) is 0 Å². The molecule has 12 rings (SSSR count). The summed E-state index contributed by atoms with van der Waals surface area (Å²) < 4.78 is 71.9. The second-order valence-corrected chi connectivity index (χ2v) is 22.4. The molecule has 18 nitrogen and oxygen atoms in total. The van der Waals surface area contributed by atoms with E-state index in [0.717, 1.165) is 8.96 Å². The fourth-order valence-corrected chi connectivity index (χ4v) is 12.3. The number of nitrogens with zero attached hydrogens (tertiary/aromatic N) is 2. The Bertz CT molecular complexity index is 5250. The zero-order valence-electron chi connectivity index (χ0n) is 51.3. The first-order chi connectivity index (χ1) is 45.7. The lowest BCUT2D eigenvalue weighted by atomic mass is 9.83. The Kier molecular flexibility index (Phi) is 17.5. The number of hydrogen-bond donors (Lipinski definition) is 5. The number of ether oxygens (including phenoxy) is 4. The first kappa shape index (κ1) is 63.5. The fraction of sp³-hybridized carbons (Fsp3) is 0.162. The molecule has 474 valence electrons. The minimum Gasteiger partial charge on any atom is -0.508 e. The second kappa shape index (κ2) is 26.2. The van der Waals surface area contributed by atoms with Crippen molar-refractivity contribution in [2.24, 2.45) is 0 Å². The van der Waals surface area contributed by atoms with Gasteiger partial charge in [0.05, 0.1) is 61.9 Å². The number of carbonyl (C=O) groups is 3. The maximum absolute atomic E-state index is 18.2. The predicted molar refractivity (Wildman–Crippen MR) is 350 cm³/mol. The van der Waals surface area contributed by atoms with Crippen LogP contribution in [0.4, 0.5) is 8.63 Å². The lowest BCUT2D eigenvalue weighted by Crippen LogP contribution is -2.51. The number of carboxylic acid groups (broad SMARTS) is 3. The molecule has 0 fully saturated rings. The van der Waals surface area contributed by atoms with Crippen molar-refractivity contribution < 1.29 is 80.8 Å². The average Bonchev–Trinajstić information content (AvgIpc) is 1.55. The van der Waals surface area contributed by atoms with Gasteiger partial charge in [0.15, 0.2) is 16.6 Å². The van der Waals surface area contributed by atoms with E-state index in [2.05, 4.69) is 35.5 Å². The van der Waals surface area contributed by atoms with Crippen LogP contribution in [-0.4, -0.2) is 118 Å². The third-order valence-corrected chi connectivity index (χ3v) is 16.5. The number of benzene rings is 7. The normalized spacial score (nSPS) is 13.2. The monoisotopic (exact) mass is 1280 g/mol. The van der Waals surface area contributed by atoms with Crippen LogP contribution in [0.3, 0.4) is 0 Å². The number of allylic oxidation sites excluding steroid dienone is 2. The van der Waals surface area contributed by atoms with Gasteiger partial charge in [-0.15, -0.1) is 0 Å². The van der Waals surface area contributed by atoms with Crippen molar-refractivity contribution in [2.45, 2.75) is 27.7 Å². The maximum atomic E-state index is 18.2. The predicted octanol–water partition coefficient (Wildman–Crippen LogP) is 11.4. The number of aromatic nitrogens is 1. The van der Waals surface area contributed by atoms with Gasteiger partial charge in [0.1, 0.15) is 53.1 Å². The second-order valence-electron chi connectivity index (χ2n) is 22.4. The highest BCUT2D eigenvalue weighted by molar-refractivity contribution is 6.58. The Morgan fingerprint density at radius 3 is 1.58 bits per heavy atom. The van der Waals surface area contributed by atoms with Crippen LogP contribution in [0.2, 0.25) is 0 Å². The van der Waals surface area contributed by atoms with Gasteiger partial charge in [-0.2, -0.15) is 0 Å². The van der Waals surface area contributed by atoms with Gasteiger partial charge in [0, 0.05) is 103 Å². The highest BCUT2D eigenvalue weighted by atomic mass is 19.2. The minimum absolute atomic E-state index is 0.0782. The van der Waals surface area contributed by atoms with Crippen LogP contribution in [0.5, 0.6) is 11.5 Å². The number of hydrogen-bond acceptors (Lipinski definition) is 13. The molecule has 5 aromatic carbocycles. The molecule has 4 aliphatic heterocycles. The van der Waals surface area contributed by atoms with Gasteiger partial charge in [0.2, 0.25) is 0 Å². The molecule has 21 heteroatoms. The van der Waals surface area contributed by atoms with Gasteiger partial charge in [-0.05, 0) is 128 Å². The Labute approximate surface area is 540 Å². The first-order valence-corrected chi connectivity index (χ1v) is 29.8. The van der Waals surface area contributed by atoms with E-state index in [1.165, 1.54) is 60.7 Å². The molecule has 0 saturated heterocycles. The quantitative estimate of drug-likeness (QED) is 0.0246. The van der Waals surface area contributed by atoms with Gasteiger partial charge < -0.3 is 70.9 Å². The minimum atomic E-state index is -4.73. The topological polar surface area (TPSA) is 258 Å². The summed E-state index contributed by atoms with van der Waals surface area (Å²) in [6, 6.07) is 33.4. The SMILES string of the molecule is CC1=C(C#Cc2ccc(-c3c4ccc(=O)cc-4oc4cc(O)ccc34)c(C(=O)O)c2)C(C)=[N+]2C1=C(c1ccc(C#CCOCCOCCOCCOCC(=O)O)cc1)c1c(C)c(C#Cc3ccc(-c4c5ccc(=O)cc-5oc5cc(O)ccc45)c(C(=O)O)c3)c(C)n1[B-]2(F)F. The van der Waals surface area contributed by atoms with Crippen molar-refractivity contribution in [3.63, 3.8) is 0 Å². The number of fused-ring (bicyclic) bond motifs is 6. The molecule has 0 radical (unpaired) electrons. The number of phenolic OH excluding ortho intramolecular Hbond substituents is 2. The standard InChI is InChI=1S/C74H55BF2N2O16/c1-41-53(19-9-46-11-21-55(61(34-46)73(86)87)69-57-23-15-49(80)36-63(57)94-64-37-50(81)16-24-58(64)69)43(3)78-71(41)68(48-13-7-45(8-14-48)6-5-27-90-28-29-91-30-31-92-32-33-93-40-67(84)85)72-42(2)54(44(4)79(72)75(78,76)77)20-10-47-12-22-56(62(35-47)74(88)89)70-59-25-17-51(82)38-65(59)95-66-39-52(83)18-26-60(66)70/h7-8,11-18,21-26,34-39,80,82H,27-33,40H2,1-4H3,(H,84,85)(H,86,87)(H,88,89). The molecule has 2 aliphatic carbocycles. The molecule has 1 aromatic heterocycles. The van der Waals surface area contributed by atoms with E-state index in [4.69, 9.17) is 32.9 Å². The lowest BCUT2D eigenvalue weighted by Gasteiger charge is -2.33. The van der Waals surface area contributed by atoms with Crippen LogP contribution in [-0.2, 0) is 23.7 Å². The van der Waals surface area contributed by atoms with Crippen LogP contribution in [0, 0.1) is 49.4 Å². The number of halogens is 2. The van der Waals surface area contributed by atoms with Crippen LogP contribution in [0.25, 0.3) is 72.4 Å². The van der Waals surface area contributed by atoms with Gasteiger partial charge >= 0.3 is 24.9 Å². The largest absolute Gasteiger partial charge is 0.737 e. The van der Waals surface area contributed by atoms with Crippen LogP contribution < -0.4 is 10.9 Å². The number of aromatic carboxylic acids is 2. The highest BCUT2D eigenvalue weighted by Crippen LogP contribution is 2.48. The number of carboxylic acids is 3. The van der Waals surface area contributed by atoms with Gasteiger partial charge in [-0.3, -0.25) is 9.59 Å². The summed E-state index contributed by atoms with van der Waals surface area (Å²) in [7, 11) is 0. The summed E-state index contributed by atoms with van der Waals surface area (Å²) in [6.07, 6.45) is 0. The lowest BCUT2D eigenvalue weighted by molar-refractivity contribution is -0.363. The van der Waals surface area contributed by atoms with Crippen molar-refractivity contribution in [1.82, 2.24) is 4.48 Å². The zero-order valence-corrected chi connectivity index (χ0v) is 51.3. The summed E-state index contributed by atoms with van der Waals surface area (Å²) in [4.78, 5) is 61.9. The number of aromatic hydroxyl groups is 2. The van der Waals surface area contributed by atoms with E-state index in [9.17, 15) is 44.4 Å². The number of aliphatic carboxylic acids is 1. The van der Waals surface area contributed by atoms with Crippen molar-refractivity contribution in [3.05, 3.63) is 227 Å². The molecule has 0 spiro atoms. The molecular weight excluding hydrogens is 1220 g/mol. The van der Waals surface area contributed by atoms with Crippen LogP contribution in [0.15, 0.2) is 169 Å². The zero-order chi connectivity index (χ0) is 67.0. The summed E-state index contributed by atoms with van der Waals surface area (Å²) in [5.41, 5.74) is 5.77. The van der Waals surface area contributed by atoms with E-state index < -0.39 is 31.5 Å². The fourth-order valence-electron chi connectivity index (χ4n) is 12.3. The highest BCUT2D eigenvalue weighted by Gasteiger charge is 2.57. The number of rotatable bonds is 17. The molecule has 6 aromatic rings. The molecule has 0 bridgehead atoms. The van der Waals surface area contributed by atoms with Gasteiger partial charge in [-0.25, -0.2) is 14.4 Å². The molecule has 0 atom stereocenters. The van der Waals surface area contributed by atoms with Crippen LogP contribution >= 0.6 is 0 Å². The van der Waals surface area contributed by atoms with E-state index in [1.807, 2.05) is 0 Å². The Balaban J connectivity index is 0.911. The smallest absolute Gasteiger partial charge is 0.508 e. The third-order valence-electron chi connectivity index (χ3n) is 16.5. The molecule has 0 saturated carbocycles. The van der Waals surface area contributed by atoms with E-state index >= 15 is 8.63 Å². The molecular formula is C74H55BF2N2O16. The van der Waals surface area contributed by atoms with E-state index in [-0.39, 0.29) is 152 Å². The summed E-state index contributed by atoms with van der Waals surface area (Å²) in [5, 5.41) is 51.8. The molecule has 5 heterocycles. The average molecular weight is 1280 g/mol. The van der Waals surface area contributed by atoms with Gasteiger partial charge in [-0.1, -0.05) is 59.8 Å². The van der Waals surface area contributed by atoms with Crippen molar-refractivity contribution in [3.8, 4) is 91.9 Å². The molecule has 0 amide bonds. The van der Waals surface area contributed by atoms with E-state index in [1.54, 1.807) is 100 Å².